The molecule has 172 valence electrons. The van der Waals surface area contributed by atoms with Crippen LogP contribution in [-0.4, -0.2) is 17.6 Å². The van der Waals surface area contributed by atoms with Gasteiger partial charge in [0, 0.05) is 23.2 Å². The molecule has 0 bridgehead atoms. The fourth-order valence-corrected chi connectivity index (χ4v) is 4.43. The maximum absolute atomic E-state index is 13.8. The van der Waals surface area contributed by atoms with Crippen molar-refractivity contribution < 1.29 is 13.9 Å². The highest BCUT2D eigenvalue weighted by molar-refractivity contribution is 6.32. The highest BCUT2D eigenvalue weighted by atomic mass is 35.5. The zero-order valence-corrected chi connectivity index (χ0v) is 19.8. The van der Waals surface area contributed by atoms with Gasteiger partial charge in [-0.05, 0) is 77.1 Å². The molecule has 0 aliphatic heterocycles. The third-order valence-electron chi connectivity index (χ3n) is 5.67. The van der Waals surface area contributed by atoms with Crippen molar-refractivity contribution in [2.45, 2.75) is 20.3 Å². The van der Waals surface area contributed by atoms with E-state index in [0.29, 0.717) is 18.1 Å². The topological polar surface area (TPSA) is 42.1 Å². The summed E-state index contributed by atoms with van der Waals surface area (Å²) in [5.74, 6) is -0.734. The fourth-order valence-electron chi connectivity index (χ4n) is 4.15. The molecular weight excluding hydrogens is 449 g/mol. The second kappa shape index (κ2) is 10.5. The number of nitrogens with one attached hydrogen (secondary N) is 1. The van der Waals surface area contributed by atoms with Crippen LogP contribution in [0.2, 0.25) is 5.02 Å². The molecule has 0 atom stereocenters. The molecule has 4 aromatic rings. The molecule has 4 rings (SSSR count). The Labute approximate surface area is 203 Å². The van der Waals surface area contributed by atoms with E-state index in [2.05, 4.69) is 24.0 Å². The van der Waals surface area contributed by atoms with E-state index in [1.165, 1.54) is 18.2 Å². The van der Waals surface area contributed by atoms with Crippen LogP contribution >= 0.6 is 11.6 Å². The van der Waals surface area contributed by atoms with Gasteiger partial charge in [0.15, 0.2) is 0 Å². The van der Waals surface area contributed by atoms with Crippen LogP contribution in [0.1, 0.15) is 42.5 Å². The molecule has 0 unspecified atom stereocenters. The maximum Gasteiger partial charge on any atom is 0.330 e. The van der Waals surface area contributed by atoms with Gasteiger partial charge in [-0.15, -0.1) is 0 Å². The number of fused-ring (bicyclic) bond motifs is 1. The molecule has 1 aromatic heterocycles. The first kappa shape index (κ1) is 23.5. The lowest BCUT2D eigenvalue weighted by Gasteiger charge is -2.18. The smallest absolute Gasteiger partial charge is 0.330 e. The molecule has 0 amide bonds. The number of benzene rings is 3. The summed E-state index contributed by atoms with van der Waals surface area (Å²) in [5.41, 5.74) is 6.83. The Kier molecular flexibility index (Phi) is 7.29. The van der Waals surface area contributed by atoms with Crippen molar-refractivity contribution in [2.24, 2.45) is 0 Å². The van der Waals surface area contributed by atoms with Gasteiger partial charge in [0.05, 0.1) is 11.6 Å². The van der Waals surface area contributed by atoms with Crippen molar-refractivity contribution in [3.63, 3.8) is 0 Å². The quantitative estimate of drug-likeness (QED) is 0.168. The lowest BCUT2D eigenvalue weighted by molar-refractivity contribution is -0.137. The maximum atomic E-state index is 13.8. The predicted molar refractivity (Wildman–Crippen MR) is 138 cm³/mol. The molecule has 0 aliphatic rings. The van der Waals surface area contributed by atoms with E-state index in [1.807, 2.05) is 42.6 Å². The minimum absolute atomic E-state index is 0.340. The van der Waals surface area contributed by atoms with Crippen LogP contribution in [-0.2, 0) is 9.53 Å². The lowest BCUT2D eigenvalue weighted by atomic mass is 9.86. The Morgan fingerprint density at radius 1 is 1.03 bits per heavy atom. The number of carbonyl (C=O) groups excluding carboxylic acids is 1. The van der Waals surface area contributed by atoms with Crippen LogP contribution in [0.4, 0.5) is 4.39 Å². The Morgan fingerprint density at radius 2 is 1.82 bits per heavy atom. The highest BCUT2D eigenvalue weighted by Gasteiger charge is 2.17. The summed E-state index contributed by atoms with van der Waals surface area (Å²) in [6, 6.07) is 20.7. The summed E-state index contributed by atoms with van der Waals surface area (Å²) in [6.07, 6.45) is 5.78. The molecule has 5 heteroatoms. The molecule has 3 aromatic carbocycles. The van der Waals surface area contributed by atoms with Crippen molar-refractivity contribution in [2.75, 3.05) is 6.61 Å². The van der Waals surface area contributed by atoms with Crippen molar-refractivity contribution in [1.82, 2.24) is 4.98 Å². The van der Waals surface area contributed by atoms with Crippen LogP contribution in [0.5, 0.6) is 0 Å². The Hall–Kier alpha value is -3.63. The van der Waals surface area contributed by atoms with Gasteiger partial charge >= 0.3 is 5.97 Å². The first-order valence-corrected chi connectivity index (χ1v) is 11.6. The number of H-pyrrole nitrogens is 1. The standard InChI is InChI=1S/C29H25ClFNO2/c1-3-22(23-14-13-21(31)18-26(23)30)29(25-6-5-7-27-24(25)16-17-32-27)20-11-8-19(9-12-20)10-15-28(33)34-4-2/h5-18,32H,3-4H2,1-2H3/b15-10+,29-22+. The van der Waals surface area contributed by atoms with E-state index in [1.54, 1.807) is 19.1 Å². The molecule has 0 aliphatic carbocycles. The first-order valence-electron chi connectivity index (χ1n) is 11.2. The van der Waals surface area contributed by atoms with Crippen LogP contribution < -0.4 is 0 Å². The van der Waals surface area contributed by atoms with E-state index in [4.69, 9.17) is 16.3 Å². The van der Waals surface area contributed by atoms with E-state index in [-0.39, 0.29) is 11.8 Å². The number of esters is 1. The lowest BCUT2D eigenvalue weighted by Crippen LogP contribution is -1.98. The molecule has 1 heterocycles. The van der Waals surface area contributed by atoms with Gasteiger partial charge < -0.3 is 9.72 Å². The summed E-state index contributed by atoms with van der Waals surface area (Å²) in [6.45, 7) is 4.19. The van der Waals surface area contributed by atoms with Gasteiger partial charge in [-0.2, -0.15) is 0 Å². The zero-order chi connectivity index (χ0) is 24.1. The number of hydrogen-bond acceptors (Lipinski definition) is 2. The first-order chi connectivity index (χ1) is 16.5. The minimum atomic E-state index is -0.370. The molecule has 0 saturated carbocycles. The van der Waals surface area contributed by atoms with E-state index < -0.39 is 0 Å². The van der Waals surface area contributed by atoms with Crippen molar-refractivity contribution >= 4 is 45.7 Å². The number of hydrogen-bond donors (Lipinski definition) is 1. The average molecular weight is 474 g/mol. The highest BCUT2D eigenvalue weighted by Crippen LogP contribution is 2.39. The number of ether oxygens (including phenoxy) is 1. The normalized spacial score (nSPS) is 12.2. The molecule has 1 N–H and O–H groups in total. The van der Waals surface area contributed by atoms with Gasteiger partial charge in [-0.25, -0.2) is 9.18 Å². The van der Waals surface area contributed by atoms with Gasteiger partial charge in [-0.3, -0.25) is 0 Å². The fraction of sp³-hybridized carbons (Fsp3) is 0.138. The van der Waals surface area contributed by atoms with Crippen molar-refractivity contribution in [3.8, 4) is 0 Å². The SMILES string of the molecule is CCOC(=O)/C=C/c1ccc(/C(=C(/CC)c2ccc(F)cc2Cl)c2cccc3[nH]ccc23)cc1. The van der Waals surface area contributed by atoms with Crippen LogP contribution in [0.25, 0.3) is 28.1 Å². The van der Waals surface area contributed by atoms with E-state index in [0.717, 1.165) is 44.3 Å². The van der Waals surface area contributed by atoms with Crippen LogP contribution in [0.15, 0.2) is 79.0 Å². The second-order valence-corrected chi connectivity index (χ2v) is 8.19. The molecule has 0 fully saturated rings. The number of rotatable bonds is 7. The van der Waals surface area contributed by atoms with Crippen LogP contribution in [0.3, 0.4) is 0 Å². The molecule has 34 heavy (non-hydrogen) atoms. The zero-order valence-electron chi connectivity index (χ0n) is 19.1. The summed E-state index contributed by atoms with van der Waals surface area (Å²) in [5, 5.41) is 1.47. The average Bonchev–Trinajstić information content (AvgIpc) is 3.32. The largest absolute Gasteiger partial charge is 0.463 e. The number of allylic oxidation sites excluding steroid dienone is 1. The van der Waals surface area contributed by atoms with Gasteiger partial charge in [0.25, 0.3) is 0 Å². The second-order valence-electron chi connectivity index (χ2n) is 7.78. The van der Waals surface area contributed by atoms with E-state index >= 15 is 0 Å². The number of aromatic nitrogens is 1. The van der Waals surface area contributed by atoms with Crippen molar-refractivity contribution in [3.05, 3.63) is 112 Å². The third kappa shape index (κ3) is 4.97. The van der Waals surface area contributed by atoms with Gasteiger partial charge in [-0.1, -0.05) is 61.0 Å². The Bertz CT molecular complexity index is 1380. The minimum Gasteiger partial charge on any atom is -0.463 e. The molecule has 0 spiro atoms. The predicted octanol–water partition coefficient (Wildman–Crippen LogP) is 7.91. The molecule has 0 radical (unpaired) electrons. The monoisotopic (exact) mass is 473 g/mol. The number of carbonyl (C=O) groups is 1. The molecular formula is C29H25ClFNO2. The number of halogens is 2. The van der Waals surface area contributed by atoms with Crippen molar-refractivity contribution in [1.29, 1.82) is 0 Å². The molecule has 0 saturated heterocycles. The summed E-state index contributed by atoms with van der Waals surface area (Å²) < 4.78 is 18.8. The summed E-state index contributed by atoms with van der Waals surface area (Å²) in [4.78, 5) is 14.9. The Morgan fingerprint density at radius 3 is 2.53 bits per heavy atom. The number of aromatic amines is 1. The van der Waals surface area contributed by atoms with Gasteiger partial charge in [0.1, 0.15) is 5.82 Å². The summed E-state index contributed by atoms with van der Waals surface area (Å²) >= 11 is 6.51. The Balaban J connectivity index is 1.89. The van der Waals surface area contributed by atoms with E-state index in [9.17, 15) is 9.18 Å². The summed E-state index contributed by atoms with van der Waals surface area (Å²) in [7, 11) is 0. The third-order valence-corrected chi connectivity index (χ3v) is 5.99. The molecule has 3 nitrogen and oxygen atoms in total. The van der Waals surface area contributed by atoms with Crippen LogP contribution in [0, 0.1) is 5.82 Å². The van der Waals surface area contributed by atoms with Gasteiger partial charge in [0.2, 0.25) is 0 Å².